The summed E-state index contributed by atoms with van der Waals surface area (Å²) in [7, 11) is 1.38. The van der Waals surface area contributed by atoms with E-state index in [0.29, 0.717) is 13.2 Å². The Labute approximate surface area is 81.9 Å². The van der Waals surface area contributed by atoms with E-state index in [1.165, 1.54) is 7.11 Å². The van der Waals surface area contributed by atoms with Crippen LogP contribution in [-0.4, -0.2) is 31.3 Å². The van der Waals surface area contributed by atoms with E-state index in [-0.39, 0.29) is 5.97 Å². The van der Waals surface area contributed by atoms with Crippen molar-refractivity contribution in [2.24, 2.45) is 0 Å². The predicted molar refractivity (Wildman–Crippen MR) is 48.8 cm³/mol. The van der Waals surface area contributed by atoms with Crippen molar-refractivity contribution in [3.8, 4) is 0 Å². The Morgan fingerprint density at radius 3 is 2.79 bits per heavy atom. The minimum atomic E-state index is -0.671. The van der Waals surface area contributed by atoms with Gasteiger partial charge in [-0.1, -0.05) is 6.07 Å². The number of esters is 1. The van der Waals surface area contributed by atoms with Gasteiger partial charge in [0.15, 0.2) is 5.41 Å². The number of nitrogens with zero attached hydrogens (tertiary/aromatic N) is 1. The first-order valence-corrected chi connectivity index (χ1v) is 4.37. The van der Waals surface area contributed by atoms with Crippen LogP contribution >= 0.6 is 0 Å². The highest BCUT2D eigenvalue weighted by Gasteiger charge is 2.49. The van der Waals surface area contributed by atoms with Crippen LogP contribution in [0, 0.1) is 0 Å². The highest BCUT2D eigenvalue weighted by Crippen LogP contribution is 2.31. The number of rotatable bonds is 2. The normalized spacial score (nSPS) is 18.4. The molecule has 0 N–H and O–H groups in total. The summed E-state index contributed by atoms with van der Waals surface area (Å²) in [5.74, 6) is -0.276. The number of ether oxygens (including phenoxy) is 2. The average molecular weight is 193 g/mol. The molecule has 1 aliphatic rings. The molecule has 2 rings (SSSR count). The van der Waals surface area contributed by atoms with Crippen LogP contribution < -0.4 is 0 Å². The highest BCUT2D eigenvalue weighted by atomic mass is 16.5. The second-order valence-electron chi connectivity index (χ2n) is 3.28. The van der Waals surface area contributed by atoms with E-state index >= 15 is 0 Å². The Bertz CT molecular complexity index is 332. The van der Waals surface area contributed by atoms with Gasteiger partial charge in [-0.3, -0.25) is 9.78 Å². The lowest BCUT2D eigenvalue weighted by Crippen LogP contribution is -2.54. The third kappa shape index (κ3) is 1.19. The van der Waals surface area contributed by atoms with Crippen LogP contribution in [0.2, 0.25) is 0 Å². The first kappa shape index (κ1) is 9.15. The van der Waals surface area contributed by atoms with Gasteiger partial charge >= 0.3 is 5.97 Å². The Morgan fingerprint density at radius 1 is 1.57 bits per heavy atom. The summed E-state index contributed by atoms with van der Waals surface area (Å²) >= 11 is 0. The molecule has 1 aliphatic heterocycles. The van der Waals surface area contributed by atoms with E-state index < -0.39 is 5.41 Å². The number of carbonyl (C=O) groups excluding carboxylic acids is 1. The molecule has 4 heteroatoms. The fourth-order valence-corrected chi connectivity index (χ4v) is 1.52. The molecule has 74 valence electrons. The summed E-state index contributed by atoms with van der Waals surface area (Å²) in [5.41, 5.74) is 0.0498. The zero-order chi connectivity index (χ0) is 10.0. The Hall–Kier alpha value is -1.42. The van der Waals surface area contributed by atoms with Gasteiger partial charge in [-0.15, -0.1) is 0 Å². The molecule has 14 heavy (non-hydrogen) atoms. The quantitative estimate of drug-likeness (QED) is 0.642. The molecule has 1 aromatic rings. The van der Waals surface area contributed by atoms with Crippen molar-refractivity contribution < 1.29 is 14.3 Å². The van der Waals surface area contributed by atoms with E-state index in [9.17, 15) is 4.79 Å². The summed E-state index contributed by atoms with van der Waals surface area (Å²) in [5, 5.41) is 0. The van der Waals surface area contributed by atoms with Crippen LogP contribution in [-0.2, 0) is 19.7 Å². The Morgan fingerprint density at radius 2 is 2.36 bits per heavy atom. The molecule has 0 aromatic carbocycles. The standard InChI is InChI=1S/C10H11NO3/c1-13-9(12)10(6-14-7-10)8-4-2-3-5-11-8/h2-5H,6-7H2,1H3. The number of pyridine rings is 1. The number of aromatic nitrogens is 1. The maximum absolute atomic E-state index is 11.6. The fourth-order valence-electron chi connectivity index (χ4n) is 1.52. The van der Waals surface area contributed by atoms with Gasteiger partial charge in [0.1, 0.15) is 0 Å². The molecule has 0 radical (unpaired) electrons. The molecular formula is C10H11NO3. The van der Waals surface area contributed by atoms with Crippen molar-refractivity contribution in [1.82, 2.24) is 4.98 Å². The summed E-state index contributed by atoms with van der Waals surface area (Å²) in [4.78, 5) is 15.7. The topological polar surface area (TPSA) is 48.4 Å². The second-order valence-corrected chi connectivity index (χ2v) is 3.28. The van der Waals surface area contributed by atoms with Crippen molar-refractivity contribution in [2.45, 2.75) is 5.41 Å². The monoisotopic (exact) mass is 193 g/mol. The molecule has 2 heterocycles. The SMILES string of the molecule is COC(=O)C1(c2ccccn2)COC1. The lowest BCUT2D eigenvalue weighted by Gasteiger charge is -2.37. The van der Waals surface area contributed by atoms with Crippen LogP contribution in [0.25, 0.3) is 0 Å². The smallest absolute Gasteiger partial charge is 0.322 e. The molecule has 1 fully saturated rings. The highest BCUT2D eigenvalue weighted by molar-refractivity contribution is 5.83. The van der Waals surface area contributed by atoms with E-state index in [1.807, 2.05) is 18.2 Å². The Balaban J connectivity index is 2.34. The molecule has 0 unspecified atom stereocenters. The second kappa shape index (κ2) is 3.38. The lowest BCUT2D eigenvalue weighted by atomic mass is 9.82. The van der Waals surface area contributed by atoms with Gasteiger partial charge in [-0.2, -0.15) is 0 Å². The van der Waals surface area contributed by atoms with Gasteiger partial charge in [-0.25, -0.2) is 0 Å². The van der Waals surface area contributed by atoms with Crippen molar-refractivity contribution in [3.63, 3.8) is 0 Å². The van der Waals surface area contributed by atoms with Crippen molar-refractivity contribution >= 4 is 5.97 Å². The first-order chi connectivity index (χ1) is 6.79. The van der Waals surface area contributed by atoms with Crippen LogP contribution in [0.15, 0.2) is 24.4 Å². The van der Waals surface area contributed by atoms with Crippen molar-refractivity contribution in [3.05, 3.63) is 30.1 Å². The van der Waals surface area contributed by atoms with E-state index in [0.717, 1.165) is 5.69 Å². The van der Waals surface area contributed by atoms with Crippen LogP contribution in [0.5, 0.6) is 0 Å². The molecule has 0 aliphatic carbocycles. The molecule has 0 bridgehead atoms. The molecule has 0 amide bonds. The summed E-state index contributed by atoms with van der Waals surface area (Å²) in [6.07, 6.45) is 1.67. The molecule has 1 saturated heterocycles. The first-order valence-electron chi connectivity index (χ1n) is 4.37. The van der Waals surface area contributed by atoms with Crippen LogP contribution in [0.3, 0.4) is 0 Å². The average Bonchev–Trinajstić information content (AvgIpc) is 2.17. The maximum Gasteiger partial charge on any atom is 0.322 e. The number of methoxy groups -OCH3 is 1. The zero-order valence-corrected chi connectivity index (χ0v) is 7.90. The predicted octanol–water partition coefficient (Wildman–Crippen LogP) is 0.523. The summed E-state index contributed by atoms with van der Waals surface area (Å²) < 4.78 is 9.83. The van der Waals surface area contributed by atoms with Gasteiger partial charge in [0.25, 0.3) is 0 Å². The van der Waals surface area contributed by atoms with E-state index in [1.54, 1.807) is 6.20 Å². The Kier molecular flexibility index (Phi) is 2.21. The van der Waals surface area contributed by atoms with Crippen molar-refractivity contribution in [2.75, 3.05) is 20.3 Å². The zero-order valence-electron chi connectivity index (χ0n) is 7.90. The van der Waals surface area contributed by atoms with Gasteiger partial charge in [0.2, 0.25) is 0 Å². The third-order valence-corrected chi connectivity index (χ3v) is 2.43. The fraction of sp³-hybridized carbons (Fsp3) is 0.400. The van der Waals surface area contributed by atoms with Crippen LogP contribution in [0.4, 0.5) is 0 Å². The minimum absolute atomic E-state index is 0.276. The van der Waals surface area contributed by atoms with Gasteiger partial charge in [0, 0.05) is 6.20 Å². The lowest BCUT2D eigenvalue weighted by molar-refractivity contribution is -0.167. The third-order valence-electron chi connectivity index (χ3n) is 2.43. The van der Waals surface area contributed by atoms with E-state index in [2.05, 4.69) is 4.98 Å². The minimum Gasteiger partial charge on any atom is -0.468 e. The number of hydrogen-bond donors (Lipinski definition) is 0. The molecule has 4 nitrogen and oxygen atoms in total. The van der Waals surface area contributed by atoms with Gasteiger partial charge < -0.3 is 9.47 Å². The maximum atomic E-state index is 11.6. The van der Waals surface area contributed by atoms with Gasteiger partial charge in [-0.05, 0) is 12.1 Å². The summed E-state index contributed by atoms with van der Waals surface area (Å²) in [6.45, 7) is 0.716. The number of hydrogen-bond acceptors (Lipinski definition) is 4. The summed E-state index contributed by atoms with van der Waals surface area (Å²) in [6, 6.07) is 5.48. The molecule has 0 saturated carbocycles. The van der Waals surface area contributed by atoms with E-state index in [4.69, 9.17) is 9.47 Å². The molecule has 0 spiro atoms. The van der Waals surface area contributed by atoms with Crippen molar-refractivity contribution in [1.29, 1.82) is 0 Å². The van der Waals surface area contributed by atoms with Gasteiger partial charge in [0.05, 0.1) is 26.0 Å². The molecular weight excluding hydrogens is 182 g/mol. The largest absolute Gasteiger partial charge is 0.468 e. The molecule has 0 atom stereocenters. The number of carbonyl (C=O) groups is 1. The van der Waals surface area contributed by atoms with Crippen LogP contribution in [0.1, 0.15) is 5.69 Å². The molecule has 1 aromatic heterocycles.